The molecule has 1 rings (SSSR count). The summed E-state index contributed by atoms with van der Waals surface area (Å²) in [6.07, 6.45) is 3.96. The molecule has 1 heteroatoms. The number of pyridine rings is 1. The van der Waals surface area contributed by atoms with Crippen molar-refractivity contribution in [1.29, 1.82) is 0 Å². The fourth-order valence-corrected chi connectivity index (χ4v) is 0.900. The standard InChI is InChI=1S/C12H17N/c1-10(12(2,3)4)9-11-7-5-6-8-13-11/h5-9H,1-4H3/b10-9+. The summed E-state index contributed by atoms with van der Waals surface area (Å²) in [4.78, 5) is 4.26. The van der Waals surface area contributed by atoms with E-state index in [4.69, 9.17) is 0 Å². The normalized spacial score (nSPS) is 13.1. The molecule has 0 N–H and O–H groups in total. The Bertz CT molecular complexity index is 291. The molecule has 0 spiro atoms. The minimum absolute atomic E-state index is 0.234. The van der Waals surface area contributed by atoms with Gasteiger partial charge in [0.05, 0.1) is 5.69 Å². The van der Waals surface area contributed by atoms with Crippen molar-refractivity contribution < 1.29 is 0 Å². The minimum Gasteiger partial charge on any atom is -0.257 e. The summed E-state index contributed by atoms with van der Waals surface area (Å²) in [5.41, 5.74) is 2.62. The molecule has 13 heavy (non-hydrogen) atoms. The van der Waals surface area contributed by atoms with Gasteiger partial charge in [0.15, 0.2) is 0 Å². The van der Waals surface area contributed by atoms with Crippen LogP contribution < -0.4 is 0 Å². The maximum Gasteiger partial charge on any atom is 0.0629 e. The van der Waals surface area contributed by atoms with E-state index in [9.17, 15) is 0 Å². The second-order valence-electron chi connectivity index (χ2n) is 4.33. The highest BCUT2D eigenvalue weighted by atomic mass is 14.6. The van der Waals surface area contributed by atoms with Crippen molar-refractivity contribution in [2.75, 3.05) is 0 Å². The van der Waals surface area contributed by atoms with Gasteiger partial charge in [0.25, 0.3) is 0 Å². The zero-order valence-electron chi connectivity index (χ0n) is 8.83. The summed E-state index contributed by atoms with van der Waals surface area (Å²) in [6.45, 7) is 8.78. The lowest BCUT2D eigenvalue weighted by atomic mass is 9.87. The van der Waals surface area contributed by atoms with Crippen LogP contribution in [0, 0.1) is 5.41 Å². The maximum absolute atomic E-state index is 4.26. The SMILES string of the molecule is C/C(=C\c1ccccn1)C(C)(C)C. The fourth-order valence-electron chi connectivity index (χ4n) is 0.900. The van der Waals surface area contributed by atoms with Crippen LogP contribution >= 0.6 is 0 Å². The van der Waals surface area contributed by atoms with Crippen molar-refractivity contribution in [3.63, 3.8) is 0 Å². The third-order valence-corrected chi connectivity index (χ3v) is 2.24. The highest BCUT2D eigenvalue weighted by molar-refractivity contribution is 5.49. The highest BCUT2D eigenvalue weighted by Crippen LogP contribution is 2.25. The highest BCUT2D eigenvalue weighted by Gasteiger charge is 2.11. The van der Waals surface area contributed by atoms with E-state index in [2.05, 4.69) is 38.8 Å². The molecule has 1 aromatic rings. The van der Waals surface area contributed by atoms with Crippen molar-refractivity contribution in [3.05, 3.63) is 35.7 Å². The van der Waals surface area contributed by atoms with Gasteiger partial charge in [-0.3, -0.25) is 4.98 Å². The number of hydrogen-bond donors (Lipinski definition) is 0. The predicted octanol–water partition coefficient (Wildman–Crippen LogP) is 3.53. The molecule has 0 atom stereocenters. The van der Waals surface area contributed by atoms with E-state index in [0.717, 1.165) is 5.69 Å². The van der Waals surface area contributed by atoms with Crippen LogP contribution in [0.2, 0.25) is 0 Å². The van der Waals surface area contributed by atoms with Crippen LogP contribution in [0.3, 0.4) is 0 Å². The molecule has 0 saturated carbocycles. The molecule has 0 unspecified atom stereocenters. The monoisotopic (exact) mass is 175 g/mol. The zero-order valence-corrected chi connectivity index (χ0v) is 8.83. The molecule has 0 aliphatic rings. The molecule has 0 saturated heterocycles. The van der Waals surface area contributed by atoms with Gasteiger partial charge >= 0.3 is 0 Å². The van der Waals surface area contributed by atoms with Gasteiger partial charge in [0, 0.05) is 6.20 Å². The summed E-state index contributed by atoms with van der Waals surface area (Å²) in [5, 5.41) is 0. The maximum atomic E-state index is 4.26. The van der Waals surface area contributed by atoms with E-state index in [1.807, 2.05) is 24.4 Å². The molecule has 0 amide bonds. The van der Waals surface area contributed by atoms with Gasteiger partial charge in [-0.2, -0.15) is 0 Å². The van der Waals surface area contributed by atoms with E-state index in [1.165, 1.54) is 5.57 Å². The topological polar surface area (TPSA) is 12.9 Å². The lowest BCUT2D eigenvalue weighted by Crippen LogP contribution is -2.06. The summed E-state index contributed by atoms with van der Waals surface area (Å²) in [5.74, 6) is 0. The van der Waals surface area contributed by atoms with E-state index in [-0.39, 0.29) is 5.41 Å². The van der Waals surface area contributed by atoms with Crippen LogP contribution in [0.5, 0.6) is 0 Å². The molecular weight excluding hydrogens is 158 g/mol. The largest absolute Gasteiger partial charge is 0.257 e. The molecule has 70 valence electrons. The molecule has 0 radical (unpaired) electrons. The Labute approximate surface area is 80.5 Å². The van der Waals surface area contributed by atoms with E-state index in [1.54, 1.807) is 0 Å². The van der Waals surface area contributed by atoms with Crippen LogP contribution in [-0.2, 0) is 0 Å². The number of nitrogens with zero attached hydrogens (tertiary/aromatic N) is 1. The zero-order chi connectivity index (χ0) is 9.90. The molecule has 0 fully saturated rings. The van der Waals surface area contributed by atoms with E-state index in [0.29, 0.717) is 0 Å². The quantitative estimate of drug-likeness (QED) is 0.636. The molecule has 0 aliphatic carbocycles. The van der Waals surface area contributed by atoms with Gasteiger partial charge in [-0.05, 0) is 30.5 Å². The number of allylic oxidation sites excluding steroid dienone is 1. The summed E-state index contributed by atoms with van der Waals surface area (Å²) >= 11 is 0. The lowest BCUT2D eigenvalue weighted by molar-refractivity contribution is 0.508. The van der Waals surface area contributed by atoms with Crippen molar-refractivity contribution >= 4 is 6.08 Å². The third kappa shape index (κ3) is 3.02. The minimum atomic E-state index is 0.234. The Morgan fingerprint density at radius 3 is 2.46 bits per heavy atom. The molecule has 1 heterocycles. The summed E-state index contributed by atoms with van der Waals surface area (Å²) in [7, 11) is 0. The van der Waals surface area contributed by atoms with Gasteiger partial charge < -0.3 is 0 Å². The van der Waals surface area contributed by atoms with Crippen LogP contribution in [0.15, 0.2) is 30.0 Å². The van der Waals surface area contributed by atoms with E-state index >= 15 is 0 Å². The second kappa shape index (κ2) is 3.73. The Morgan fingerprint density at radius 2 is 2.00 bits per heavy atom. The fraction of sp³-hybridized carbons (Fsp3) is 0.417. The summed E-state index contributed by atoms with van der Waals surface area (Å²) < 4.78 is 0. The van der Waals surface area contributed by atoms with Crippen molar-refractivity contribution in [2.24, 2.45) is 5.41 Å². The molecule has 0 aromatic carbocycles. The van der Waals surface area contributed by atoms with Gasteiger partial charge in [0.2, 0.25) is 0 Å². The van der Waals surface area contributed by atoms with Crippen molar-refractivity contribution in [2.45, 2.75) is 27.7 Å². The number of rotatable bonds is 1. The second-order valence-corrected chi connectivity index (χ2v) is 4.33. The number of hydrogen-bond acceptors (Lipinski definition) is 1. The number of aromatic nitrogens is 1. The van der Waals surface area contributed by atoms with Gasteiger partial charge in [-0.25, -0.2) is 0 Å². The Morgan fingerprint density at radius 1 is 1.31 bits per heavy atom. The third-order valence-electron chi connectivity index (χ3n) is 2.24. The van der Waals surface area contributed by atoms with Gasteiger partial charge in [-0.15, -0.1) is 0 Å². The Kier molecular flexibility index (Phi) is 2.86. The first-order valence-corrected chi connectivity index (χ1v) is 4.60. The van der Waals surface area contributed by atoms with E-state index < -0.39 is 0 Å². The van der Waals surface area contributed by atoms with Crippen molar-refractivity contribution in [1.82, 2.24) is 4.98 Å². The van der Waals surface area contributed by atoms with Crippen molar-refractivity contribution in [3.8, 4) is 0 Å². The van der Waals surface area contributed by atoms with Gasteiger partial charge in [-0.1, -0.05) is 32.4 Å². The average molecular weight is 175 g/mol. The average Bonchev–Trinajstić information content (AvgIpc) is 2.04. The molecule has 0 aliphatic heterocycles. The first-order chi connectivity index (χ1) is 6.00. The first-order valence-electron chi connectivity index (χ1n) is 4.60. The Balaban J connectivity index is 2.90. The smallest absolute Gasteiger partial charge is 0.0629 e. The van der Waals surface area contributed by atoms with Crippen LogP contribution in [0.1, 0.15) is 33.4 Å². The van der Waals surface area contributed by atoms with Crippen LogP contribution in [-0.4, -0.2) is 4.98 Å². The lowest BCUT2D eigenvalue weighted by Gasteiger charge is -2.19. The summed E-state index contributed by atoms with van der Waals surface area (Å²) in [6, 6.07) is 5.97. The van der Waals surface area contributed by atoms with Gasteiger partial charge in [0.1, 0.15) is 0 Å². The molecular formula is C12H17N. The van der Waals surface area contributed by atoms with Crippen LogP contribution in [0.4, 0.5) is 0 Å². The Hall–Kier alpha value is -1.11. The van der Waals surface area contributed by atoms with Crippen LogP contribution in [0.25, 0.3) is 6.08 Å². The first kappa shape index (κ1) is 9.97. The predicted molar refractivity (Wildman–Crippen MR) is 57.3 cm³/mol. The molecule has 1 nitrogen and oxygen atoms in total. The molecule has 0 bridgehead atoms. The molecule has 1 aromatic heterocycles.